The first-order chi connectivity index (χ1) is 15.0. The van der Waals surface area contributed by atoms with E-state index in [-0.39, 0.29) is 24.2 Å². The lowest BCUT2D eigenvalue weighted by molar-refractivity contribution is -0.123. The summed E-state index contributed by atoms with van der Waals surface area (Å²) in [5.41, 5.74) is 1.64. The molecule has 7 nitrogen and oxygen atoms in total. The van der Waals surface area contributed by atoms with Gasteiger partial charge in [0, 0.05) is 10.8 Å². The van der Waals surface area contributed by atoms with E-state index < -0.39 is 0 Å². The van der Waals surface area contributed by atoms with Crippen LogP contribution in [-0.2, 0) is 31.8 Å². The zero-order valence-corrected chi connectivity index (χ0v) is 19.6. The van der Waals surface area contributed by atoms with E-state index in [0.29, 0.717) is 42.2 Å². The number of ether oxygens (including phenoxy) is 3. The third kappa shape index (κ3) is 4.97. The summed E-state index contributed by atoms with van der Waals surface area (Å²) in [5, 5.41) is 3.72. The number of hydrogen-bond donors (Lipinski definition) is 1. The number of fused-ring (bicyclic) bond motifs is 1. The number of carbonyl (C=O) groups is 2. The molecule has 1 aromatic rings. The van der Waals surface area contributed by atoms with Crippen molar-refractivity contribution < 1.29 is 23.8 Å². The van der Waals surface area contributed by atoms with Gasteiger partial charge in [0.25, 0.3) is 0 Å². The van der Waals surface area contributed by atoms with Crippen LogP contribution in [0.5, 0.6) is 0 Å². The second kappa shape index (κ2) is 9.98. The molecule has 4 rings (SSSR count). The average Bonchev–Trinajstić information content (AvgIpc) is 3.41. The Morgan fingerprint density at radius 1 is 1.23 bits per heavy atom. The third-order valence-electron chi connectivity index (χ3n) is 6.76. The normalized spacial score (nSPS) is 24.0. The SMILES string of the molecule is CCOC(=O)c1c(NC(=O)[C@H](C)N2CCC(C3OCCO3)CC2)sc2c1CC[C@@H](C)C2. The largest absolute Gasteiger partial charge is 0.462 e. The topological polar surface area (TPSA) is 77.1 Å². The highest BCUT2D eigenvalue weighted by Crippen LogP contribution is 2.40. The van der Waals surface area contributed by atoms with Gasteiger partial charge >= 0.3 is 5.97 Å². The first-order valence-electron chi connectivity index (χ1n) is 11.6. The summed E-state index contributed by atoms with van der Waals surface area (Å²) >= 11 is 1.55. The molecular formula is C23H34N2O5S. The number of rotatable bonds is 6. The molecule has 0 radical (unpaired) electrons. The van der Waals surface area contributed by atoms with Crippen LogP contribution in [0, 0.1) is 11.8 Å². The van der Waals surface area contributed by atoms with E-state index in [4.69, 9.17) is 14.2 Å². The molecule has 0 unspecified atom stereocenters. The first kappa shape index (κ1) is 22.7. The van der Waals surface area contributed by atoms with Gasteiger partial charge in [0.1, 0.15) is 5.00 Å². The second-order valence-electron chi connectivity index (χ2n) is 8.92. The number of piperidine rings is 1. The lowest BCUT2D eigenvalue weighted by atomic mass is 9.88. The monoisotopic (exact) mass is 450 g/mol. The minimum Gasteiger partial charge on any atom is -0.462 e. The molecule has 172 valence electrons. The Kier molecular flexibility index (Phi) is 7.31. The van der Waals surface area contributed by atoms with Gasteiger partial charge in [-0.1, -0.05) is 6.92 Å². The fraction of sp³-hybridized carbons (Fsp3) is 0.739. The molecule has 1 N–H and O–H groups in total. The Labute approximate surface area is 188 Å². The maximum Gasteiger partial charge on any atom is 0.341 e. The maximum atomic E-state index is 13.1. The molecule has 1 aliphatic carbocycles. The van der Waals surface area contributed by atoms with E-state index >= 15 is 0 Å². The van der Waals surface area contributed by atoms with Gasteiger partial charge in [-0.2, -0.15) is 0 Å². The van der Waals surface area contributed by atoms with Gasteiger partial charge in [-0.25, -0.2) is 4.79 Å². The van der Waals surface area contributed by atoms with Gasteiger partial charge in [0.05, 0.1) is 31.4 Å². The average molecular weight is 451 g/mol. The molecule has 31 heavy (non-hydrogen) atoms. The van der Waals surface area contributed by atoms with Gasteiger partial charge in [-0.15, -0.1) is 11.3 Å². The number of likely N-dealkylation sites (tertiary alicyclic amines) is 1. The summed E-state index contributed by atoms with van der Waals surface area (Å²) in [6, 6.07) is -0.264. The molecule has 3 aliphatic rings. The van der Waals surface area contributed by atoms with Gasteiger partial charge in [-0.05, 0) is 70.5 Å². The van der Waals surface area contributed by atoms with Crippen molar-refractivity contribution in [1.29, 1.82) is 0 Å². The van der Waals surface area contributed by atoms with Gasteiger partial charge in [0.15, 0.2) is 6.29 Å². The van der Waals surface area contributed by atoms with Crippen LogP contribution in [0.25, 0.3) is 0 Å². The highest BCUT2D eigenvalue weighted by Gasteiger charge is 2.34. The van der Waals surface area contributed by atoms with Crippen LogP contribution in [0.2, 0.25) is 0 Å². The zero-order valence-electron chi connectivity index (χ0n) is 18.8. The maximum absolute atomic E-state index is 13.1. The van der Waals surface area contributed by atoms with Crippen molar-refractivity contribution in [1.82, 2.24) is 4.90 Å². The van der Waals surface area contributed by atoms with Crippen LogP contribution in [0.1, 0.15) is 60.8 Å². The molecule has 0 aromatic carbocycles. The van der Waals surface area contributed by atoms with Crippen LogP contribution >= 0.6 is 11.3 Å². The van der Waals surface area contributed by atoms with Crippen molar-refractivity contribution in [2.75, 3.05) is 38.2 Å². The summed E-state index contributed by atoms with van der Waals surface area (Å²) in [7, 11) is 0. The van der Waals surface area contributed by atoms with Crippen LogP contribution in [-0.4, -0.2) is 62.0 Å². The molecule has 1 amide bonds. The van der Waals surface area contributed by atoms with Crippen molar-refractivity contribution in [2.24, 2.45) is 11.8 Å². The van der Waals surface area contributed by atoms with Crippen LogP contribution in [0.15, 0.2) is 0 Å². The molecule has 2 atom stereocenters. The Morgan fingerprint density at radius 2 is 1.94 bits per heavy atom. The number of hydrogen-bond acceptors (Lipinski definition) is 7. The standard InChI is InChI=1S/C23H34N2O5S/c1-4-28-22(27)19-17-6-5-14(2)13-18(17)31-21(19)24-20(26)15(3)25-9-7-16(8-10-25)23-29-11-12-30-23/h14-16,23H,4-13H2,1-3H3,(H,24,26)/t14-,15+/m1/s1. The molecule has 0 saturated carbocycles. The van der Waals surface area contributed by atoms with Crippen LogP contribution < -0.4 is 5.32 Å². The number of nitrogens with zero attached hydrogens (tertiary/aromatic N) is 1. The Bertz CT molecular complexity index is 796. The number of esters is 1. The predicted octanol–water partition coefficient (Wildman–Crippen LogP) is 3.46. The number of carbonyl (C=O) groups excluding carboxylic acids is 2. The summed E-state index contributed by atoms with van der Waals surface area (Å²) in [6.07, 6.45) is 4.72. The molecule has 1 aromatic heterocycles. The minimum absolute atomic E-state index is 0.0657. The second-order valence-corrected chi connectivity index (χ2v) is 10.0. The number of amides is 1. The van der Waals surface area contributed by atoms with E-state index in [9.17, 15) is 9.59 Å². The van der Waals surface area contributed by atoms with Crippen LogP contribution in [0.3, 0.4) is 0 Å². The molecule has 2 fully saturated rings. The lowest BCUT2D eigenvalue weighted by Gasteiger charge is -2.36. The smallest absolute Gasteiger partial charge is 0.341 e. The van der Waals surface area contributed by atoms with Crippen molar-refractivity contribution in [2.45, 2.75) is 65.2 Å². The number of nitrogens with one attached hydrogen (secondary N) is 1. The fourth-order valence-corrected chi connectivity index (χ4v) is 6.27. The molecule has 2 aliphatic heterocycles. The quantitative estimate of drug-likeness (QED) is 0.669. The Hall–Kier alpha value is -1.48. The zero-order chi connectivity index (χ0) is 22.0. The van der Waals surface area contributed by atoms with E-state index in [1.165, 1.54) is 4.88 Å². The number of anilines is 1. The van der Waals surface area contributed by atoms with Crippen molar-refractivity contribution >= 4 is 28.2 Å². The van der Waals surface area contributed by atoms with Gasteiger partial charge in [0.2, 0.25) is 5.91 Å². The highest BCUT2D eigenvalue weighted by atomic mass is 32.1. The predicted molar refractivity (Wildman–Crippen MR) is 120 cm³/mol. The summed E-state index contributed by atoms with van der Waals surface area (Å²) < 4.78 is 16.6. The molecule has 0 bridgehead atoms. The molecule has 0 spiro atoms. The molecule has 8 heteroatoms. The van der Waals surface area contributed by atoms with E-state index in [0.717, 1.165) is 50.8 Å². The molecular weight excluding hydrogens is 416 g/mol. The minimum atomic E-state index is -0.324. The van der Waals surface area contributed by atoms with Gasteiger partial charge in [-0.3, -0.25) is 9.69 Å². The van der Waals surface area contributed by atoms with E-state index in [2.05, 4.69) is 17.1 Å². The Morgan fingerprint density at radius 3 is 2.61 bits per heavy atom. The van der Waals surface area contributed by atoms with E-state index in [1.54, 1.807) is 11.3 Å². The first-order valence-corrected chi connectivity index (χ1v) is 12.4. The summed E-state index contributed by atoms with van der Waals surface area (Å²) in [4.78, 5) is 29.2. The van der Waals surface area contributed by atoms with Crippen molar-refractivity contribution in [3.05, 3.63) is 16.0 Å². The number of thiophene rings is 1. The fourth-order valence-electron chi connectivity index (χ4n) is 4.87. The third-order valence-corrected chi connectivity index (χ3v) is 7.93. The van der Waals surface area contributed by atoms with Crippen molar-refractivity contribution in [3.8, 4) is 0 Å². The highest BCUT2D eigenvalue weighted by molar-refractivity contribution is 7.17. The van der Waals surface area contributed by atoms with Crippen LogP contribution in [0.4, 0.5) is 5.00 Å². The molecule has 2 saturated heterocycles. The summed E-state index contributed by atoms with van der Waals surface area (Å²) in [6.45, 7) is 9.34. The molecule has 3 heterocycles. The Balaban J connectivity index is 1.42. The van der Waals surface area contributed by atoms with E-state index in [1.807, 2.05) is 13.8 Å². The van der Waals surface area contributed by atoms with Gasteiger partial charge < -0.3 is 19.5 Å². The van der Waals surface area contributed by atoms with Crippen molar-refractivity contribution in [3.63, 3.8) is 0 Å². The summed E-state index contributed by atoms with van der Waals surface area (Å²) in [5.74, 6) is 0.604. The lowest BCUT2D eigenvalue weighted by Crippen LogP contribution is -2.47.